The van der Waals surface area contributed by atoms with Gasteiger partial charge in [-0.05, 0) is 38.2 Å². The molecule has 1 saturated heterocycles. The number of nitrogens with one attached hydrogen (secondary N) is 1. The van der Waals surface area contributed by atoms with Crippen LogP contribution < -0.4 is 16.0 Å². The van der Waals surface area contributed by atoms with E-state index >= 15 is 0 Å². The Bertz CT molecular complexity index is 897. The fraction of sp³-hybridized carbons (Fsp3) is 0.550. The first-order valence-electron chi connectivity index (χ1n) is 9.73. The van der Waals surface area contributed by atoms with E-state index < -0.39 is 0 Å². The van der Waals surface area contributed by atoms with Crippen molar-refractivity contribution < 1.29 is 5.11 Å². The van der Waals surface area contributed by atoms with Crippen LogP contribution >= 0.6 is 23.2 Å². The maximum Gasteiger partial charge on any atom is 0.153 e. The van der Waals surface area contributed by atoms with Gasteiger partial charge in [0.2, 0.25) is 0 Å². The summed E-state index contributed by atoms with van der Waals surface area (Å²) in [6.45, 7) is 7.61. The number of aliphatic hydroxyl groups excluding tert-OH is 1. The van der Waals surface area contributed by atoms with Gasteiger partial charge in [-0.15, -0.1) is 0 Å². The zero-order valence-corrected chi connectivity index (χ0v) is 18.8. The molecular weight excluding hydrogens is 411 g/mol. The highest BCUT2D eigenvalue weighted by Crippen LogP contribution is 2.38. The van der Waals surface area contributed by atoms with Gasteiger partial charge in [0.25, 0.3) is 0 Å². The molecule has 7 nitrogen and oxygen atoms in total. The van der Waals surface area contributed by atoms with E-state index in [1.165, 1.54) is 0 Å². The molecule has 1 aliphatic rings. The van der Waals surface area contributed by atoms with Gasteiger partial charge in [0, 0.05) is 31.7 Å². The molecule has 3 heterocycles. The van der Waals surface area contributed by atoms with E-state index in [0.29, 0.717) is 39.3 Å². The quantitative estimate of drug-likeness (QED) is 0.612. The summed E-state index contributed by atoms with van der Waals surface area (Å²) in [5.74, 6) is 1.29. The van der Waals surface area contributed by atoms with E-state index in [1.807, 2.05) is 6.92 Å². The SMILES string of the molecule is CNc1cc(-c2nc(CO)c(N3CCC(C)([C@@H](C)N)CC3)nc2C)c(Cl)c(Cl)n1. The molecule has 0 unspecified atom stereocenters. The summed E-state index contributed by atoms with van der Waals surface area (Å²) in [5.41, 5.74) is 8.74. The summed E-state index contributed by atoms with van der Waals surface area (Å²) < 4.78 is 0. The lowest BCUT2D eigenvalue weighted by molar-refractivity contribution is 0.204. The second-order valence-electron chi connectivity index (χ2n) is 7.93. The lowest BCUT2D eigenvalue weighted by Crippen LogP contribution is -2.47. The molecule has 0 saturated carbocycles. The Kier molecular flexibility index (Phi) is 6.53. The fourth-order valence-electron chi connectivity index (χ4n) is 3.64. The summed E-state index contributed by atoms with van der Waals surface area (Å²) in [6, 6.07) is 1.92. The Morgan fingerprint density at radius 1 is 1.28 bits per heavy atom. The Balaban J connectivity index is 1.99. The van der Waals surface area contributed by atoms with Crippen LogP contribution in [-0.4, -0.2) is 46.2 Å². The number of piperidine rings is 1. The zero-order valence-electron chi connectivity index (χ0n) is 17.3. The molecule has 0 aromatic carbocycles. The van der Waals surface area contributed by atoms with Gasteiger partial charge in [-0.25, -0.2) is 15.0 Å². The maximum atomic E-state index is 9.99. The molecule has 0 spiro atoms. The number of nitrogens with two attached hydrogens (primary N) is 1. The molecule has 1 atom stereocenters. The van der Waals surface area contributed by atoms with E-state index in [2.05, 4.69) is 29.0 Å². The van der Waals surface area contributed by atoms with E-state index in [1.54, 1.807) is 13.1 Å². The predicted octanol–water partition coefficient (Wildman–Crippen LogP) is 3.64. The fourth-order valence-corrected chi connectivity index (χ4v) is 4.02. The highest BCUT2D eigenvalue weighted by molar-refractivity contribution is 6.43. The summed E-state index contributed by atoms with van der Waals surface area (Å²) in [7, 11) is 1.75. The second kappa shape index (κ2) is 8.60. The molecule has 0 aliphatic carbocycles. The molecule has 158 valence electrons. The van der Waals surface area contributed by atoms with Gasteiger partial charge in [0.1, 0.15) is 11.5 Å². The van der Waals surface area contributed by atoms with E-state index in [-0.39, 0.29) is 23.2 Å². The van der Waals surface area contributed by atoms with Gasteiger partial charge in [0.15, 0.2) is 11.0 Å². The maximum absolute atomic E-state index is 9.99. The van der Waals surface area contributed by atoms with Crippen molar-refractivity contribution in [3.8, 4) is 11.3 Å². The molecule has 2 aromatic rings. The molecule has 9 heteroatoms. The van der Waals surface area contributed by atoms with E-state index in [0.717, 1.165) is 25.9 Å². The standard InChI is InChI=1S/C20H28Cl2N6O/c1-11-17(13-9-15(24-4)27-18(22)16(13)21)26-14(10-29)19(25-11)28-7-5-20(3,6-8-28)12(2)23/h9,12,29H,5-8,10,23H2,1-4H3,(H,24,27)/t12-/m1/s1. The van der Waals surface area contributed by atoms with Crippen LogP contribution in [0.2, 0.25) is 10.2 Å². The number of aromatic nitrogens is 3. The van der Waals surface area contributed by atoms with Gasteiger partial charge < -0.3 is 21.1 Å². The van der Waals surface area contributed by atoms with Crippen LogP contribution in [0.3, 0.4) is 0 Å². The van der Waals surface area contributed by atoms with E-state index in [9.17, 15) is 5.11 Å². The van der Waals surface area contributed by atoms with Gasteiger partial charge in [0.05, 0.1) is 23.0 Å². The molecule has 1 aliphatic heterocycles. The second-order valence-corrected chi connectivity index (χ2v) is 8.66. The third-order valence-corrected chi connectivity index (χ3v) is 6.76. The van der Waals surface area contributed by atoms with Crippen molar-refractivity contribution in [1.29, 1.82) is 0 Å². The zero-order chi connectivity index (χ0) is 21.3. The van der Waals surface area contributed by atoms with Crippen LogP contribution in [0.15, 0.2) is 6.07 Å². The van der Waals surface area contributed by atoms with Crippen molar-refractivity contribution in [2.45, 2.75) is 46.3 Å². The first kappa shape index (κ1) is 22.0. The molecule has 2 aromatic heterocycles. The van der Waals surface area contributed by atoms with Crippen molar-refractivity contribution in [2.24, 2.45) is 11.1 Å². The minimum Gasteiger partial charge on any atom is -0.390 e. The molecular formula is C20H28Cl2N6O. The van der Waals surface area contributed by atoms with Crippen LogP contribution in [0, 0.1) is 12.3 Å². The Hall–Kier alpha value is -1.67. The van der Waals surface area contributed by atoms with Crippen molar-refractivity contribution in [3.05, 3.63) is 27.6 Å². The number of pyridine rings is 1. The van der Waals surface area contributed by atoms with Crippen LogP contribution in [0.25, 0.3) is 11.3 Å². The van der Waals surface area contributed by atoms with Crippen molar-refractivity contribution in [1.82, 2.24) is 15.0 Å². The Morgan fingerprint density at radius 2 is 1.93 bits per heavy atom. The van der Waals surface area contributed by atoms with Gasteiger partial charge in [-0.1, -0.05) is 30.1 Å². The minimum absolute atomic E-state index is 0.114. The highest BCUT2D eigenvalue weighted by atomic mass is 35.5. The number of hydrogen-bond acceptors (Lipinski definition) is 7. The number of hydrogen-bond donors (Lipinski definition) is 3. The first-order chi connectivity index (χ1) is 13.7. The molecule has 1 fully saturated rings. The Morgan fingerprint density at radius 3 is 2.48 bits per heavy atom. The topological polar surface area (TPSA) is 100 Å². The van der Waals surface area contributed by atoms with Gasteiger partial charge in [-0.3, -0.25) is 0 Å². The first-order valence-corrected chi connectivity index (χ1v) is 10.5. The monoisotopic (exact) mass is 438 g/mol. The summed E-state index contributed by atoms with van der Waals surface area (Å²) >= 11 is 12.6. The number of rotatable bonds is 5. The number of halogens is 2. The third kappa shape index (κ3) is 4.28. The van der Waals surface area contributed by atoms with Crippen molar-refractivity contribution in [3.63, 3.8) is 0 Å². The lowest BCUT2D eigenvalue weighted by Gasteiger charge is -2.42. The molecule has 29 heavy (non-hydrogen) atoms. The average molecular weight is 439 g/mol. The Labute approximate surface area is 181 Å². The number of nitrogens with zero attached hydrogens (tertiary/aromatic N) is 4. The molecule has 0 amide bonds. The van der Waals surface area contributed by atoms with Crippen LogP contribution in [0.1, 0.15) is 38.1 Å². The minimum atomic E-state index is -0.216. The normalized spacial score (nSPS) is 17.3. The van der Waals surface area contributed by atoms with E-state index in [4.69, 9.17) is 38.9 Å². The average Bonchev–Trinajstić information content (AvgIpc) is 2.70. The molecule has 0 bridgehead atoms. The largest absolute Gasteiger partial charge is 0.390 e. The molecule has 3 rings (SSSR count). The summed E-state index contributed by atoms with van der Waals surface area (Å²) in [6.07, 6.45) is 1.94. The molecule has 0 radical (unpaired) electrons. The van der Waals surface area contributed by atoms with Crippen LogP contribution in [-0.2, 0) is 6.61 Å². The number of aryl methyl sites for hydroxylation is 1. The third-order valence-electron chi connectivity index (χ3n) is 6.00. The summed E-state index contributed by atoms with van der Waals surface area (Å²) in [4.78, 5) is 15.9. The van der Waals surface area contributed by atoms with Crippen molar-refractivity contribution in [2.75, 3.05) is 30.4 Å². The highest BCUT2D eigenvalue weighted by Gasteiger charge is 2.34. The van der Waals surface area contributed by atoms with Crippen LogP contribution in [0.4, 0.5) is 11.6 Å². The van der Waals surface area contributed by atoms with Crippen molar-refractivity contribution >= 4 is 34.8 Å². The predicted molar refractivity (Wildman–Crippen MR) is 119 cm³/mol. The molecule has 4 N–H and O–H groups in total. The van der Waals surface area contributed by atoms with Crippen LogP contribution in [0.5, 0.6) is 0 Å². The number of anilines is 2. The number of aliphatic hydroxyl groups is 1. The smallest absolute Gasteiger partial charge is 0.153 e. The van der Waals surface area contributed by atoms with Gasteiger partial charge in [-0.2, -0.15) is 0 Å². The van der Waals surface area contributed by atoms with Gasteiger partial charge >= 0.3 is 0 Å². The lowest BCUT2D eigenvalue weighted by atomic mass is 9.75. The summed E-state index contributed by atoms with van der Waals surface area (Å²) in [5, 5.41) is 13.5.